The van der Waals surface area contributed by atoms with Crippen molar-refractivity contribution in [2.24, 2.45) is 5.92 Å². The van der Waals surface area contributed by atoms with Gasteiger partial charge in [-0.05, 0) is 18.4 Å². The molecular formula is C16H22N2O3. The van der Waals surface area contributed by atoms with Gasteiger partial charge >= 0.3 is 6.09 Å². The maximum atomic E-state index is 12.0. The summed E-state index contributed by atoms with van der Waals surface area (Å²) in [4.78, 5) is 13.6. The van der Waals surface area contributed by atoms with E-state index in [1.807, 2.05) is 30.3 Å². The number of aliphatic hydroxyl groups is 1. The molecular weight excluding hydrogens is 268 g/mol. The zero-order valence-electron chi connectivity index (χ0n) is 12.1. The molecule has 5 heteroatoms. The molecule has 1 aliphatic heterocycles. The summed E-state index contributed by atoms with van der Waals surface area (Å²) < 4.78 is 5.30. The van der Waals surface area contributed by atoms with Crippen LogP contribution in [0, 0.1) is 5.92 Å². The summed E-state index contributed by atoms with van der Waals surface area (Å²) in [6.07, 6.45) is 1.66. The lowest BCUT2D eigenvalue weighted by molar-refractivity contribution is 0.0967. The summed E-state index contributed by atoms with van der Waals surface area (Å²) in [6.45, 7) is 1.98. The van der Waals surface area contributed by atoms with E-state index in [0.29, 0.717) is 19.1 Å². The van der Waals surface area contributed by atoms with E-state index in [2.05, 4.69) is 5.32 Å². The van der Waals surface area contributed by atoms with Gasteiger partial charge in [0.05, 0.1) is 12.6 Å². The molecule has 3 rings (SSSR count). The molecule has 1 aliphatic carbocycles. The van der Waals surface area contributed by atoms with Gasteiger partial charge in [0.25, 0.3) is 0 Å². The molecule has 0 spiro atoms. The van der Waals surface area contributed by atoms with Gasteiger partial charge in [0, 0.05) is 25.0 Å². The fourth-order valence-corrected chi connectivity index (χ4v) is 2.62. The standard InChI is InChI=1S/C16H22N2O3/c19-15-10-18(9-13(15)8-17-14-6-7-14)16(20)21-11-12-4-2-1-3-5-12/h1-5,13-15,17,19H,6-11H2/t13-,15-/m0/s1. The lowest BCUT2D eigenvalue weighted by atomic mass is 10.1. The minimum absolute atomic E-state index is 0.106. The predicted octanol–water partition coefficient (Wildman–Crippen LogP) is 1.37. The van der Waals surface area contributed by atoms with Gasteiger partial charge in [0.1, 0.15) is 6.61 Å². The lowest BCUT2D eigenvalue weighted by Gasteiger charge is -2.16. The summed E-state index contributed by atoms with van der Waals surface area (Å²) in [7, 11) is 0. The molecule has 2 fully saturated rings. The average Bonchev–Trinajstić information content (AvgIpc) is 3.26. The van der Waals surface area contributed by atoms with Crippen molar-refractivity contribution in [3.8, 4) is 0 Å². The predicted molar refractivity (Wildman–Crippen MR) is 78.7 cm³/mol. The molecule has 2 aliphatic rings. The van der Waals surface area contributed by atoms with Crippen LogP contribution in [0.25, 0.3) is 0 Å². The summed E-state index contributed by atoms with van der Waals surface area (Å²) in [5.74, 6) is 0.106. The minimum Gasteiger partial charge on any atom is -0.445 e. The smallest absolute Gasteiger partial charge is 0.410 e. The minimum atomic E-state index is -0.458. The van der Waals surface area contributed by atoms with Gasteiger partial charge in [-0.2, -0.15) is 0 Å². The first kappa shape index (κ1) is 14.4. The van der Waals surface area contributed by atoms with Crippen LogP contribution in [0.2, 0.25) is 0 Å². The molecule has 0 unspecified atom stereocenters. The van der Waals surface area contributed by atoms with Gasteiger partial charge in [0.2, 0.25) is 0 Å². The van der Waals surface area contributed by atoms with E-state index in [0.717, 1.165) is 12.1 Å². The number of likely N-dealkylation sites (tertiary alicyclic amines) is 1. The van der Waals surface area contributed by atoms with E-state index in [4.69, 9.17) is 4.74 Å². The molecule has 1 saturated carbocycles. The zero-order chi connectivity index (χ0) is 14.7. The maximum absolute atomic E-state index is 12.0. The molecule has 114 valence electrons. The fourth-order valence-electron chi connectivity index (χ4n) is 2.62. The third kappa shape index (κ3) is 3.95. The van der Waals surface area contributed by atoms with Crippen molar-refractivity contribution in [1.82, 2.24) is 10.2 Å². The SMILES string of the molecule is O=C(OCc1ccccc1)N1C[C@H](CNC2CC2)[C@@H](O)C1. The second kappa shape index (κ2) is 6.45. The Labute approximate surface area is 124 Å². The van der Waals surface area contributed by atoms with Crippen LogP contribution in [-0.4, -0.2) is 47.9 Å². The topological polar surface area (TPSA) is 61.8 Å². The number of hydrogen-bond acceptors (Lipinski definition) is 4. The van der Waals surface area contributed by atoms with E-state index < -0.39 is 6.10 Å². The lowest BCUT2D eigenvalue weighted by Crippen LogP contribution is -2.32. The van der Waals surface area contributed by atoms with Crippen molar-refractivity contribution in [2.45, 2.75) is 31.6 Å². The van der Waals surface area contributed by atoms with Gasteiger partial charge < -0.3 is 20.1 Å². The van der Waals surface area contributed by atoms with Gasteiger partial charge in [-0.25, -0.2) is 4.79 Å². The highest BCUT2D eigenvalue weighted by Gasteiger charge is 2.35. The second-order valence-electron chi connectivity index (χ2n) is 5.96. The van der Waals surface area contributed by atoms with E-state index in [-0.39, 0.29) is 18.6 Å². The highest BCUT2D eigenvalue weighted by Crippen LogP contribution is 2.22. The van der Waals surface area contributed by atoms with Gasteiger partial charge in [-0.3, -0.25) is 0 Å². The summed E-state index contributed by atoms with van der Waals surface area (Å²) in [6, 6.07) is 10.2. The molecule has 1 saturated heterocycles. The van der Waals surface area contributed by atoms with E-state index >= 15 is 0 Å². The molecule has 0 aromatic heterocycles. The Balaban J connectivity index is 1.44. The number of carbonyl (C=O) groups excluding carboxylic acids is 1. The van der Waals surface area contributed by atoms with Crippen LogP contribution in [0.15, 0.2) is 30.3 Å². The number of carbonyl (C=O) groups is 1. The van der Waals surface area contributed by atoms with Crippen molar-refractivity contribution < 1.29 is 14.6 Å². The molecule has 1 amide bonds. The van der Waals surface area contributed by atoms with Crippen LogP contribution in [0.1, 0.15) is 18.4 Å². The first-order valence-corrected chi connectivity index (χ1v) is 7.59. The molecule has 5 nitrogen and oxygen atoms in total. The number of rotatable bonds is 5. The molecule has 1 heterocycles. The summed E-state index contributed by atoms with van der Waals surface area (Å²) >= 11 is 0. The van der Waals surface area contributed by atoms with Gasteiger partial charge in [-0.1, -0.05) is 30.3 Å². The zero-order valence-corrected chi connectivity index (χ0v) is 12.1. The van der Waals surface area contributed by atoms with E-state index in [9.17, 15) is 9.90 Å². The monoisotopic (exact) mass is 290 g/mol. The van der Waals surface area contributed by atoms with Crippen LogP contribution in [0.5, 0.6) is 0 Å². The van der Waals surface area contributed by atoms with Crippen molar-refractivity contribution in [1.29, 1.82) is 0 Å². The highest BCUT2D eigenvalue weighted by molar-refractivity contribution is 5.68. The first-order valence-electron chi connectivity index (χ1n) is 7.59. The number of aliphatic hydroxyl groups excluding tert-OH is 1. The normalized spacial score (nSPS) is 25.1. The summed E-state index contributed by atoms with van der Waals surface area (Å²) in [5.41, 5.74) is 0.970. The highest BCUT2D eigenvalue weighted by atomic mass is 16.6. The molecule has 0 bridgehead atoms. The average molecular weight is 290 g/mol. The molecule has 2 atom stereocenters. The van der Waals surface area contributed by atoms with Crippen molar-refractivity contribution in [3.63, 3.8) is 0 Å². The maximum Gasteiger partial charge on any atom is 0.410 e. The van der Waals surface area contributed by atoms with Crippen molar-refractivity contribution >= 4 is 6.09 Å². The summed E-state index contributed by atoms with van der Waals surface area (Å²) in [5, 5.41) is 13.4. The Morgan fingerprint density at radius 1 is 1.29 bits per heavy atom. The number of hydrogen-bond donors (Lipinski definition) is 2. The Kier molecular flexibility index (Phi) is 4.41. The Bertz CT molecular complexity index is 476. The molecule has 0 radical (unpaired) electrons. The molecule has 1 aromatic rings. The first-order chi connectivity index (χ1) is 10.2. The third-order valence-electron chi connectivity index (χ3n) is 4.12. The number of nitrogens with one attached hydrogen (secondary N) is 1. The van der Waals surface area contributed by atoms with Gasteiger partial charge in [-0.15, -0.1) is 0 Å². The number of β-amino-alcohol motifs (C(OH)–C–C–N with tert-alkyl or cyclic N) is 1. The van der Waals surface area contributed by atoms with E-state index in [1.54, 1.807) is 4.90 Å². The number of ether oxygens (including phenoxy) is 1. The van der Waals surface area contributed by atoms with Gasteiger partial charge in [0.15, 0.2) is 0 Å². The van der Waals surface area contributed by atoms with Crippen LogP contribution >= 0.6 is 0 Å². The Morgan fingerprint density at radius 2 is 2.05 bits per heavy atom. The van der Waals surface area contributed by atoms with Crippen LogP contribution in [0.3, 0.4) is 0 Å². The largest absolute Gasteiger partial charge is 0.445 e. The van der Waals surface area contributed by atoms with Crippen molar-refractivity contribution in [3.05, 3.63) is 35.9 Å². The molecule has 21 heavy (non-hydrogen) atoms. The van der Waals surface area contributed by atoms with Crippen LogP contribution < -0.4 is 5.32 Å². The van der Waals surface area contributed by atoms with Crippen molar-refractivity contribution in [2.75, 3.05) is 19.6 Å². The molecule has 1 aromatic carbocycles. The molecule has 2 N–H and O–H groups in total. The second-order valence-corrected chi connectivity index (χ2v) is 5.96. The quantitative estimate of drug-likeness (QED) is 0.860. The number of nitrogens with zero attached hydrogens (tertiary/aromatic N) is 1. The third-order valence-corrected chi connectivity index (χ3v) is 4.12. The van der Waals surface area contributed by atoms with E-state index in [1.165, 1.54) is 12.8 Å². The number of amides is 1. The van der Waals surface area contributed by atoms with Crippen LogP contribution in [0.4, 0.5) is 4.79 Å². The fraction of sp³-hybridized carbons (Fsp3) is 0.562. The Morgan fingerprint density at radius 3 is 2.76 bits per heavy atom. The Hall–Kier alpha value is -1.59. The van der Waals surface area contributed by atoms with Crippen LogP contribution in [-0.2, 0) is 11.3 Å². The number of benzene rings is 1.